The quantitative estimate of drug-likeness (QED) is 0.731. The van der Waals surface area contributed by atoms with Crippen LogP contribution >= 0.6 is 0 Å². The number of hydrogen-bond donors (Lipinski definition) is 0. The van der Waals surface area contributed by atoms with Gasteiger partial charge in [0, 0.05) is 18.9 Å². The van der Waals surface area contributed by atoms with Crippen LogP contribution in [-0.2, 0) is 6.54 Å². The van der Waals surface area contributed by atoms with Gasteiger partial charge in [0.05, 0.1) is 24.5 Å². The van der Waals surface area contributed by atoms with Gasteiger partial charge < -0.3 is 4.90 Å². The molecule has 3 heterocycles. The van der Waals surface area contributed by atoms with Crippen LogP contribution in [0.25, 0.3) is 5.69 Å². The summed E-state index contributed by atoms with van der Waals surface area (Å²) in [6, 6.07) is 10.0. The van der Waals surface area contributed by atoms with Crippen molar-refractivity contribution in [2.24, 2.45) is 0 Å². The Morgan fingerprint density at radius 3 is 2.88 bits per heavy atom. The van der Waals surface area contributed by atoms with Crippen LogP contribution in [0.4, 0.5) is 0 Å². The Morgan fingerprint density at radius 2 is 2.12 bits per heavy atom. The zero-order chi connectivity index (χ0) is 17.2. The first-order chi connectivity index (χ1) is 12.2. The molecule has 0 N–H and O–H groups in total. The number of amides is 1. The summed E-state index contributed by atoms with van der Waals surface area (Å²) in [5.41, 5.74) is 2.46. The third-order valence-corrected chi connectivity index (χ3v) is 4.61. The lowest BCUT2D eigenvalue weighted by Gasteiger charge is -2.23. The summed E-state index contributed by atoms with van der Waals surface area (Å²) < 4.78 is 3.52. The van der Waals surface area contributed by atoms with Gasteiger partial charge in [-0.2, -0.15) is 5.10 Å². The second-order valence-electron chi connectivity index (χ2n) is 6.41. The van der Waals surface area contributed by atoms with Gasteiger partial charge in [-0.1, -0.05) is 22.9 Å². The Hall–Kier alpha value is -2.96. The van der Waals surface area contributed by atoms with E-state index in [1.807, 2.05) is 53.0 Å². The predicted molar refractivity (Wildman–Crippen MR) is 92.4 cm³/mol. The highest BCUT2D eigenvalue weighted by Gasteiger charge is 2.31. The average molecular weight is 336 g/mol. The van der Waals surface area contributed by atoms with Crippen molar-refractivity contribution >= 4 is 5.91 Å². The fourth-order valence-corrected chi connectivity index (χ4v) is 3.25. The summed E-state index contributed by atoms with van der Waals surface area (Å²) in [6.45, 7) is 3.50. The molecule has 1 aliphatic heterocycles. The number of hydrogen-bond acceptors (Lipinski definition) is 4. The van der Waals surface area contributed by atoms with Crippen molar-refractivity contribution in [3.05, 3.63) is 60.2 Å². The summed E-state index contributed by atoms with van der Waals surface area (Å²) in [5.74, 6) is -0.0620. The molecule has 0 spiro atoms. The minimum absolute atomic E-state index is 0.0620. The Labute approximate surface area is 145 Å². The van der Waals surface area contributed by atoms with Gasteiger partial charge in [0.15, 0.2) is 5.69 Å². The van der Waals surface area contributed by atoms with E-state index in [0.717, 1.165) is 25.1 Å². The first kappa shape index (κ1) is 15.6. The topological polar surface area (TPSA) is 68.8 Å². The first-order valence-corrected chi connectivity index (χ1v) is 8.48. The molecule has 4 rings (SSSR count). The summed E-state index contributed by atoms with van der Waals surface area (Å²) in [6.07, 6.45) is 7.38. The van der Waals surface area contributed by atoms with E-state index in [1.165, 1.54) is 5.56 Å². The lowest BCUT2D eigenvalue weighted by molar-refractivity contribution is 0.0715. The van der Waals surface area contributed by atoms with Crippen molar-refractivity contribution in [3.63, 3.8) is 0 Å². The zero-order valence-electron chi connectivity index (χ0n) is 14.1. The molecule has 2 aromatic heterocycles. The number of likely N-dealkylation sites (tertiary alicyclic amines) is 1. The van der Waals surface area contributed by atoms with Gasteiger partial charge in [-0.15, -0.1) is 5.10 Å². The molecule has 1 aromatic carbocycles. The van der Waals surface area contributed by atoms with E-state index in [9.17, 15) is 4.79 Å². The summed E-state index contributed by atoms with van der Waals surface area (Å²) in [4.78, 5) is 14.8. The Kier molecular flexibility index (Phi) is 4.05. The number of carbonyl (C=O) groups excluding carboxylic acids is 1. The predicted octanol–water partition coefficient (Wildman–Crippen LogP) is 2.08. The molecule has 1 atom stereocenters. The van der Waals surface area contributed by atoms with Gasteiger partial charge in [-0.25, -0.2) is 4.68 Å². The minimum Gasteiger partial charge on any atom is -0.332 e. The SMILES string of the molecule is Cc1ccc(-n2cc(C(=O)N3CCC[C@@H]3Cn3cccn3)nn2)cc1. The molecule has 1 fully saturated rings. The number of carbonyl (C=O) groups is 1. The molecule has 0 unspecified atom stereocenters. The maximum atomic E-state index is 12.9. The number of aromatic nitrogens is 5. The number of benzene rings is 1. The lowest BCUT2D eigenvalue weighted by Crippen LogP contribution is -2.38. The second-order valence-corrected chi connectivity index (χ2v) is 6.41. The van der Waals surface area contributed by atoms with Gasteiger partial charge in [0.25, 0.3) is 5.91 Å². The first-order valence-electron chi connectivity index (χ1n) is 8.48. The van der Waals surface area contributed by atoms with E-state index in [4.69, 9.17) is 0 Å². The van der Waals surface area contributed by atoms with Crippen LogP contribution in [0.1, 0.15) is 28.9 Å². The number of rotatable bonds is 4. The van der Waals surface area contributed by atoms with E-state index in [1.54, 1.807) is 17.1 Å². The Bertz CT molecular complexity index is 852. The maximum Gasteiger partial charge on any atom is 0.276 e. The number of aryl methyl sites for hydroxylation is 1. The third-order valence-electron chi connectivity index (χ3n) is 4.61. The normalized spacial score (nSPS) is 17.2. The van der Waals surface area contributed by atoms with E-state index >= 15 is 0 Å². The third kappa shape index (κ3) is 3.17. The van der Waals surface area contributed by atoms with E-state index in [0.29, 0.717) is 12.2 Å². The fraction of sp³-hybridized carbons (Fsp3) is 0.333. The highest BCUT2D eigenvalue weighted by molar-refractivity contribution is 5.92. The molecular weight excluding hydrogens is 316 g/mol. The van der Waals surface area contributed by atoms with E-state index < -0.39 is 0 Å². The van der Waals surface area contributed by atoms with Crippen molar-refractivity contribution in [1.82, 2.24) is 29.7 Å². The molecule has 7 heteroatoms. The summed E-state index contributed by atoms with van der Waals surface area (Å²) in [5, 5.41) is 12.4. The Balaban J connectivity index is 1.51. The summed E-state index contributed by atoms with van der Waals surface area (Å²) in [7, 11) is 0. The minimum atomic E-state index is -0.0620. The van der Waals surface area contributed by atoms with E-state index in [2.05, 4.69) is 15.4 Å². The highest BCUT2D eigenvalue weighted by Crippen LogP contribution is 2.21. The van der Waals surface area contributed by atoms with Gasteiger partial charge in [-0.05, 0) is 38.0 Å². The monoisotopic (exact) mass is 336 g/mol. The standard InChI is InChI=1S/C18H20N6O/c1-14-5-7-15(8-6-14)24-13-17(20-21-24)18(25)23-11-2-4-16(23)12-22-10-3-9-19-22/h3,5-10,13,16H,2,4,11-12H2,1H3/t16-/m1/s1. The van der Waals surface area contributed by atoms with Gasteiger partial charge in [-0.3, -0.25) is 9.48 Å². The fourth-order valence-electron chi connectivity index (χ4n) is 3.25. The van der Waals surface area contributed by atoms with E-state index in [-0.39, 0.29) is 11.9 Å². The molecule has 0 radical (unpaired) electrons. The van der Waals surface area contributed by atoms with Crippen LogP contribution in [0.5, 0.6) is 0 Å². The van der Waals surface area contributed by atoms with Gasteiger partial charge >= 0.3 is 0 Å². The second kappa shape index (κ2) is 6.51. The lowest BCUT2D eigenvalue weighted by atomic mass is 10.2. The van der Waals surface area contributed by atoms with Crippen LogP contribution < -0.4 is 0 Å². The van der Waals surface area contributed by atoms with Crippen LogP contribution in [0, 0.1) is 6.92 Å². The van der Waals surface area contributed by atoms with Crippen LogP contribution in [0.15, 0.2) is 48.9 Å². The van der Waals surface area contributed by atoms with Crippen molar-refractivity contribution < 1.29 is 4.79 Å². The van der Waals surface area contributed by atoms with Crippen molar-refractivity contribution in [2.75, 3.05) is 6.54 Å². The molecule has 1 saturated heterocycles. The van der Waals surface area contributed by atoms with Crippen molar-refractivity contribution in [2.45, 2.75) is 32.4 Å². The molecule has 1 aliphatic rings. The van der Waals surface area contributed by atoms with Gasteiger partial charge in [0.2, 0.25) is 0 Å². The highest BCUT2D eigenvalue weighted by atomic mass is 16.2. The van der Waals surface area contributed by atoms with Gasteiger partial charge in [0.1, 0.15) is 0 Å². The van der Waals surface area contributed by atoms with Crippen molar-refractivity contribution in [1.29, 1.82) is 0 Å². The molecule has 3 aromatic rings. The van der Waals surface area contributed by atoms with Crippen molar-refractivity contribution in [3.8, 4) is 5.69 Å². The molecule has 0 bridgehead atoms. The maximum absolute atomic E-state index is 12.9. The number of nitrogens with zero attached hydrogens (tertiary/aromatic N) is 6. The molecule has 1 amide bonds. The van der Waals surface area contributed by atoms with Crippen LogP contribution in [-0.4, -0.2) is 48.2 Å². The molecule has 0 saturated carbocycles. The summed E-state index contributed by atoms with van der Waals surface area (Å²) >= 11 is 0. The molecule has 0 aliphatic carbocycles. The van der Waals surface area contributed by atoms with Crippen LogP contribution in [0.3, 0.4) is 0 Å². The molecule has 25 heavy (non-hydrogen) atoms. The van der Waals surface area contributed by atoms with Crippen LogP contribution in [0.2, 0.25) is 0 Å². The smallest absolute Gasteiger partial charge is 0.276 e. The Morgan fingerprint density at radius 1 is 1.28 bits per heavy atom. The average Bonchev–Trinajstić information content (AvgIpc) is 3.37. The molecule has 7 nitrogen and oxygen atoms in total. The zero-order valence-corrected chi connectivity index (χ0v) is 14.1. The largest absolute Gasteiger partial charge is 0.332 e. The molecule has 128 valence electrons. The molecular formula is C18H20N6O.